The molecule has 31 heavy (non-hydrogen) atoms. The number of nitrogens with one attached hydrogen (secondary N) is 2. The van der Waals surface area contributed by atoms with Crippen LogP contribution in [0.2, 0.25) is 5.02 Å². The molecule has 0 aliphatic heterocycles. The number of hydrogen-bond acceptors (Lipinski definition) is 6. The van der Waals surface area contributed by atoms with Gasteiger partial charge in [-0.05, 0) is 35.7 Å². The first-order valence-corrected chi connectivity index (χ1v) is 10.4. The van der Waals surface area contributed by atoms with E-state index in [4.69, 9.17) is 16.6 Å². The van der Waals surface area contributed by atoms with E-state index in [0.717, 1.165) is 33.4 Å². The number of pyridine rings is 2. The quantitative estimate of drug-likeness (QED) is 0.391. The van der Waals surface area contributed by atoms with Crippen molar-refractivity contribution in [1.82, 2.24) is 29.9 Å². The maximum atomic E-state index is 6.47. The van der Waals surface area contributed by atoms with Crippen LogP contribution >= 0.6 is 11.6 Å². The van der Waals surface area contributed by atoms with Crippen LogP contribution in [-0.2, 0) is 6.54 Å². The summed E-state index contributed by atoms with van der Waals surface area (Å²) in [6.07, 6.45) is 4.94. The first-order chi connectivity index (χ1) is 15.1. The van der Waals surface area contributed by atoms with Crippen molar-refractivity contribution >= 4 is 39.5 Å². The van der Waals surface area contributed by atoms with E-state index in [1.807, 2.05) is 30.5 Å². The van der Waals surface area contributed by atoms with Crippen LogP contribution in [0.1, 0.15) is 31.0 Å². The summed E-state index contributed by atoms with van der Waals surface area (Å²) in [4.78, 5) is 25.5. The second-order valence-electron chi connectivity index (χ2n) is 7.57. The molecule has 0 fully saturated rings. The highest BCUT2D eigenvalue weighted by atomic mass is 35.5. The molecule has 1 aromatic carbocycles. The topological polar surface area (TPSA) is 92.3 Å². The van der Waals surface area contributed by atoms with Crippen LogP contribution in [0.3, 0.4) is 0 Å². The molecule has 0 unspecified atom stereocenters. The Morgan fingerprint density at radius 1 is 1.03 bits per heavy atom. The number of hydrogen-bond donors (Lipinski definition) is 2. The monoisotopic (exact) mass is 429 g/mol. The Kier molecular flexibility index (Phi) is 4.95. The molecule has 5 rings (SSSR count). The minimum Gasteiger partial charge on any atom is -0.364 e. The summed E-state index contributed by atoms with van der Waals surface area (Å²) >= 11 is 6.47. The lowest BCUT2D eigenvalue weighted by Gasteiger charge is -2.16. The van der Waals surface area contributed by atoms with Crippen LogP contribution in [0.5, 0.6) is 0 Å². The second kappa shape index (κ2) is 7.92. The largest absolute Gasteiger partial charge is 0.364 e. The summed E-state index contributed by atoms with van der Waals surface area (Å²) < 4.78 is 0. The molecule has 0 aliphatic rings. The zero-order chi connectivity index (χ0) is 21.4. The Morgan fingerprint density at radius 3 is 2.81 bits per heavy atom. The van der Waals surface area contributed by atoms with E-state index in [2.05, 4.69) is 56.2 Å². The van der Waals surface area contributed by atoms with E-state index in [0.29, 0.717) is 28.5 Å². The summed E-state index contributed by atoms with van der Waals surface area (Å²) in [6, 6.07) is 11.9. The van der Waals surface area contributed by atoms with Gasteiger partial charge >= 0.3 is 0 Å². The summed E-state index contributed by atoms with van der Waals surface area (Å²) in [6.45, 7) is 4.77. The van der Waals surface area contributed by atoms with Crippen molar-refractivity contribution in [1.29, 1.82) is 0 Å². The fourth-order valence-electron chi connectivity index (χ4n) is 3.72. The number of aromatic nitrogens is 6. The minimum absolute atomic E-state index is 0.256. The fraction of sp³-hybridized carbons (Fsp3) is 0.174. The minimum atomic E-state index is 0.256. The average Bonchev–Trinajstić information content (AvgIpc) is 3.27. The lowest BCUT2D eigenvalue weighted by atomic mass is 9.97. The average molecular weight is 430 g/mol. The Hall–Kier alpha value is -3.58. The molecule has 8 heteroatoms. The van der Waals surface area contributed by atoms with Crippen molar-refractivity contribution in [3.05, 3.63) is 71.5 Å². The van der Waals surface area contributed by atoms with Gasteiger partial charge in [0.1, 0.15) is 11.8 Å². The molecule has 0 atom stereocenters. The Morgan fingerprint density at radius 2 is 1.94 bits per heavy atom. The third-order valence-corrected chi connectivity index (χ3v) is 5.48. The van der Waals surface area contributed by atoms with Gasteiger partial charge in [-0.1, -0.05) is 37.6 Å². The summed E-state index contributed by atoms with van der Waals surface area (Å²) in [5.41, 5.74) is 6.05. The van der Waals surface area contributed by atoms with Crippen LogP contribution in [0.15, 0.2) is 55.2 Å². The number of anilines is 1. The van der Waals surface area contributed by atoms with Gasteiger partial charge in [-0.3, -0.25) is 4.98 Å². The maximum Gasteiger partial charge on any atom is 0.162 e. The molecule has 0 aliphatic carbocycles. The molecule has 2 N–H and O–H groups in total. The van der Waals surface area contributed by atoms with E-state index in [1.165, 1.54) is 6.33 Å². The first kappa shape index (κ1) is 19.4. The van der Waals surface area contributed by atoms with Crippen LogP contribution in [-0.4, -0.2) is 29.9 Å². The van der Waals surface area contributed by atoms with Crippen molar-refractivity contribution < 1.29 is 0 Å². The second-order valence-corrected chi connectivity index (χ2v) is 7.98. The number of aromatic amines is 1. The number of imidazole rings is 1. The molecule has 0 radical (unpaired) electrons. The van der Waals surface area contributed by atoms with Crippen molar-refractivity contribution in [2.45, 2.75) is 26.3 Å². The molecule has 5 aromatic rings. The molecule has 154 valence electrons. The number of benzene rings is 1. The molecular weight excluding hydrogens is 410 g/mol. The molecule has 7 nitrogen and oxygen atoms in total. The Bertz CT molecular complexity index is 1390. The molecular formula is C23H20ClN7. The third kappa shape index (κ3) is 3.57. The number of halogens is 1. The van der Waals surface area contributed by atoms with E-state index >= 15 is 0 Å². The molecule has 0 saturated heterocycles. The number of nitrogens with zero attached hydrogens (tertiary/aromatic N) is 5. The number of H-pyrrole nitrogens is 1. The van der Waals surface area contributed by atoms with Gasteiger partial charge in [0.25, 0.3) is 0 Å². The standard InChI is InChI=1S/C23H20ClN7/c1-13(2)18-16(6-4-8-25-18)19-15(9-14-5-3-7-17(24)20(14)31-19)10-26-22-21-23(28-11-27-21)30-12-29-22/h3-9,11-13H,10H2,1-2H3,(H2,26,27,28,29,30). The van der Waals surface area contributed by atoms with Gasteiger partial charge in [0.15, 0.2) is 11.5 Å². The van der Waals surface area contributed by atoms with E-state index < -0.39 is 0 Å². The summed E-state index contributed by atoms with van der Waals surface area (Å²) in [5.74, 6) is 0.921. The van der Waals surface area contributed by atoms with Gasteiger partial charge in [-0.15, -0.1) is 0 Å². The Balaban J connectivity index is 1.64. The normalized spacial score (nSPS) is 11.5. The van der Waals surface area contributed by atoms with E-state index in [9.17, 15) is 0 Å². The highest BCUT2D eigenvalue weighted by Crippen LogP contribution is 2.33. The molecule has 0 spiro atoms. The lowest BCUT2D eigenvalue weighted by Crippen LogP contribution is -2.07. The first-order valence-electron chi connectivity index (χ1n) is 10.0. The third-order valence-electron chi connectivity index (χ3n) is 5.18. The van der Waals surface area contributed by atoms with Crippen LogP contribution in [0.4, 0.5) is 5.82 Å². The van der Waals surface area contributed by atoms with Gasteiger partial charge in [-0.25, -0.2) is 19.9 Å². The fourth-order valence-corrected chi connectivity index (χ4v) is 3.95. The smallest absolute Gasteiger partial charge is 0.162 e. The van der Waals surface area contributed by atoms with Gasteiger partial charge in [0, 0.05) is 23.7 Å². The number of rotatable bonds is 5. The number of fused-ring (bicyclic) bond motifs is 2. The lowest BCUT2D eigenvalue weighted by molar-refractivity contribution is 0.824. The molecule has 4 aromatic heterocycles. The SMILES string of the molecule is CC(C)c1ncccc1-c1nc2c(Cl)cccc2cc1CNc1ncnc2[nH]cnc12. The van der Waals surface area contributed by atoms with Gasteiger partial charge in [-0.2, -0.15) is 0 Å². The Labute approximate surface area is 184 Å². The number of para-hydroxylation sites is 1. The van der Waals surface area contributed by atoms with Gasteiger partial charge in [0.2, 0.25) is 0 Å². The highest BCUT2D eigenvalue weighted by Gasteiger charge is 2.17. The van der Waals surface area contributed by atoms with E-state index in [-0.39, 0.29) is 5.92 Å². The van der Waals surface area contributed by atoms with Crippen molar-refractivity contribution in [3.63, 3.8) is 0 Å². The predicted octanol–water partition coefficient (Wildman–Crippen LogP) is 5.35. The molecule has 0 saturated carbocycles. The van der Waals surface area contributed by atoms with Crippen molar-refractivity contribution in [3.8, 4) is 11.3 Å². The van der Waals surface area contributed by atoms with Crippen LogP contribution in [0.25, 0.3) is 33.3 Å². The highest BCUT2D eigenvalue weighted by molar-refractivity contribution is 6.35. The van der Waals surface area contributed by atoms with Crippen LogP contribution < -0.4 is 5.32 Å². The van der Waals surface area contributed by atoms with Crippen LogP contribution in [0, 0.1) is 0 Å². The predicted molar refractivity (Wildman–Crippen MR) is 123 cm³/mol. The molecule has 4 heterocycles. The van der Waals surface area contributed by atoms with Gasteiger partial charge in [0.05, 0.1) is 28.3 Å². The van der Waals surface area contributed by atoms with Crippen molar-refractivity contribution in [2.24, 2.45) is 0 Å². The van der Waals surface area contributed by atoms with Gasteiger partial charge < -0.3 is 10.3 Å². The zero-order valence-corrected chi connectivity index (χ0v) is 17.9. The molecule has 0 amide bonds. The molecule has 0 bridgehead atoms. The zero-order valence-electron chi connectivity index (χ0n) is 17.1. The van der Waals surface area contributed by atoms with E-state index in [1.54, 1.807) is 6.33 Å². The summed E-state index contributed by atoms with van der Waals surface area (Å²) in [5, 5.41) is 5.01. The van der Waals surface area contributed by atoms with Crippen molar-refractivity contribution in [2.75, 3.05) is 5.32 Å². The summed E-state index contributed by atoms with van der Waals surface area (Å²) in [7, 11) is 0. The maximum absolute atomic E-state index is 6.47.